The van der Waals surface area contributed by atoms with Crippen LogP contribution < -0.4 is 0 Å². The Bertz CT molecular complexity index is 354. The number of ether oxygens (including phenoxy) is 1. The highest BCUT2D eigenvalue weighted by Crippen LogP contribution is 2.15. The van der Waals surface area contributed by atoms with Crippen LogP contribution in [-0.4, -0.2) is 7.11 Å². The molecule has 0 bridgehead atoms. The Morgan fingerprint density at radius 3 is 2.29 bits per heavy atom. The van der Waals surface area contributed by atoms with Crippen LogP contribution in [0.25, 0.3) is 0 Å². The summed E-state index contributed by atoms with van der Waals surface area (Å²) in [7, 11) is 1.67. The van der Waals surface area contributed by atoms with Crippen LogP contribution in [-0.2, 0) is 4.74 Å². The Morgan fingerprint density at radius 1 is 1.18 bits per heavy atom. The molecule has 0 radical (unpaired) electrons. The van der Waals surface area contributed by atoms with Crippen LogP contribution >= 0.6 is 0 Å². The van der Waals surface area contributed by atoms with Gasteiger partial charge in [0.25, 0.3) is 0 Å². The van der Waals surface area contributed by atoms with Crippen molar-refractivity contribution in [2.24, 2.45) is 0 Å². The van der Waals surface area contributed by atoms with Gasteiger partial charge < -0.3 is 4.74 Å². The molecule has 0 aromatic rings. The summed E-state index contributed by atoms with van der Waals surface area (Å²) in [6, 6.07) is 0. The second kappa shape index (κ2) is 8.63. The summed E-state index contributed by atoms with van der Waals surface area (Å²) in [4.78, 5) is 0. The van der Waals surface area contributed by atoms with Gasteiger partial charge in [-0.25, -0.2) is 0 Å². The van der Waals surface area contributed by atoms with Crippen LogP contribution in [0, 0.1) is 0 Å². The molecule has 0 aromatic carbocycles. The van der Waals surface area contributed by atoms with E-state index in [1.807, 2.05) is 31.2 Å². The first-order chi connectivity index (χ1) is 8.04. The van der Waals surface area contributed by atoms with Gasteiger partial charge in [-0.05, 0) is 45.8 Å². The van der Waals surface area contributed by atoms with Crippen LogP contribution in [0.4, 0.5) is 0 Å². The van der Waals surface area contributed by atoms with Gasteiger partial charge in [-0.15, -0.1) is 0 Å². The van der Waals surface area contributed by atoms with E-state index in [-0.39, 0.29) is 0 Å². The molecule has 0 aromatic heterocycles. The van der Waals surface area contributed by atoms with E-state index in [1.54, 1.807) is 7.11 Å². The number of methoxy groups -OCH3 is 1. The van der Waals surface area contributed by atoms with Crippen molar-refractivity contribution >= 4 is 0 Å². The fourth-order valence-electron chi connectivity index (χ4n) is 1.28. The van der Waals surface area contributed by atoms with Gasteiger partial charge in [0.05, 0.1) is 7.11 Å². The summed E-state index contributed by atoms with van der Waals surface area (Å²) in [5.41, 5.74) is 3.73. The predicted molar refractivity (Wildman–Crippen MR) is 76.9 cm³/mol. The zero-order chi connectivity index (χ0) is 13.3. The number of hydrogen-bond donors (Lipinski definition) is 0. The van der Waals surface area contributed by atoms with Gasteiger partial charge in [-0.3, -0.25) is 0 Å². The van der Waals surface area contributed by atoms with Crippen LogP contribution in [0.15, 0.2) is 59.9 Å². The molecule has 17 heavy (non-hydrogen) atoms. The van der Waals surface area contributed by atoms with E-state index in [9.17, 15) is 0 Å². The maximum Gasteiger partial charge on any atom is 0.114 e. The molecule has 0 N–H and O–H groups in total. The minimum absolute atomic E-state index is 0.862. The van der Waals surface area contributed by atoms with Gasteiger partial charge in [0.1, 0.15) is 5.76 Å². The SMILES string of the molecule is C=CC(C)=C(C)CCC(=C)C=CC(=CC)OC. The monoisotopic (exact) mass is 232 g/mol. The van der Waals surface area contributed by atoms with Crippen molar-refractivity contribution in [1.82, 2.24) is 0 Å². The summed E-state index contributed by atoms with van der Waals surface area (Å²) in [5.74, 6) is 0.862. The van der Waals surface area contributed by atoms with E-state index in [0.717, 1.165) is 24.2 Å². The second-order valence-corrected chi connectivity index (χ2v) is 4.05. The molecule has 0 aliphatic carbocycles. The van der Waals surface area contributed by atoms with Crippen molar-refractivity contribution in [2.75, 3.05) is 7.11 Å². The molecule has 94 valence electrons. The van der Waals surface area contributed by atoms with Crippen molar-refractivity contribution < 1.29 is 4.74 Å². The first-order valence-corrected chi connectivity index (χ1v) is 5.90. The van der Waals surface area contributed by atoms with Crippen LogP contribution in [0.3, 0.4) is 0 Å². The minimum Gasteiger partial charge on any atom is -0.497 e. The van der Waals surface area contributed by atoms with Crippen molar-refractivity contribution in [3.8, 4) is 0 Å². The van der Waals surface area contributed by atoms with Crippen LogP contribution in [0.5, 0.6) is 0 Å². The normalized spacial score (nSPS) is 13.5. The molecule has 1 heteroatoms. The fourth-order valence-corrected chi connectivity index (χ4v) is 1.28. The van der Waals surface area contributed by atoms with E-state index >= 15 is 0 Å². The smallest absolute Gasteiger partial charge is 0.114 e. The molecular weight excluding hydrogens is 208 g/mol. The maximum absolute atomic E-state index is 5.14. The Morgan fingerprint density at radius 2 is 1.82 bits per heavy atom. The lowest BCUT2D eigenvalue weighted by Gasteiger charge is -2.04. The van der Waals surface area contributed by atoms with Gasteiger partial charge in [0, 0.05) is 0 Å². The van der Waals surface area contributed by atoms with E-state index in [1.165, 1.54) is 11.1 Å². The van der Waals surface area contributed by atoms with E-state index in [2.05, 4.69) is 27.0 Å². The van der Waals surface area contributed by atoms with E-state index < -0.39 is 0 Å². The highest BCUT2D eigenvalue weighted by Gasteiger charge is 1.96. The molecule has 1 nitrogen and oxygen atoms in total. The number of rotatable bonds is 7. The van der Waals surface area contributed by atoms with Crippen molar-refractivity contribution in [1.29, 1.82) is 0 Å². The van der Waals surface area contributed by atoms with Gasteiger partial charge in [0.2, 0.25) is 0 Å². The molecule has 0 saturated heterocycles. The summed E-state index contributed by atoms with van der Waals surface area (Å²) in [6.07, 6.45) is 9.78. The van der Waals surface area contributed by atoms with E-state index in [0.29, 0.717) is 0 Å². The van der Waals surface area contributed by atoms with E-state index in [4.69, 9.17) is 4.74 Å². The Balaban J connectivity index is 4.26. The number of allylic oxidation sites excluding steroid dienone is 7. The topological polar surface area (TPSA) is 9.23 Å². The molecule has 0 saturated carbocycles. The molecule has 0 heterocycles. The standard InChI is InChI=1S/C16H24O/c1-7-14(4)15(5)11-9-13(3)10-12-16(8-2)17-6/h7-8,10,12H,1,3,9,11H2,2,4-6H3. The molecular formula is C16H24O. The van der Waals surface area contributed by atoms with Crippen LogP contribution in [0.1, 0.15) is 33.6 Å². The van der Waals surface area contributed by atoms with Gasteiger partial charge in [-0.1, -0.05) is 42.0 Å². The average Bonchev–Trinajstić information content (AvgIpc) is 2.36. The van der Waals surface area contributed by atoms with Gasteiger partial charge >= 0.3 is 0 Å². The molecule has 0 aliphatic rings. The van der Waals surface area contributed by atoms with Crippen molar-refractivity contribution in [3.05, 3.63) is 59.9 Å². The van der Waals surface area contributed by atoms with Gasteiger partial charge in [-0.2, -0.15) is 0 Å². The molecule has 0 aliphatic heterocycles. The molecule has 0 unspecified atom stereocenters. The number of hydrogen-bond acceptors (Lipinski definition) is 1. The Kier molecular flexibility index (Phi) is 7.87. The minimum atomic E-state index is 0.862. The first kappa shape index (κ1) is 15.5. The zero-order valence-electron chi connectivity index (χ0n) is 11.5. The lowest BCUT2D eigenvalue weighted by Crippen LogP contribution is -1.85. The average molecular weight is 232 g/mol. The highest BCUT2D eigenvalue weighted by molar-refractivity contribution is 5.25. The van der Waals surface area contributed by atoms with Crippen LogP contribution in [0.2, 0.25) is 0 Å². The maximum atomic E-state index is 5.14. The lowest BCUT2D eigenvalue weighted by atomic mass is 10.0. The first-order valence-electron chi connectivity index (χ1n) is 5.90. The molecule has 0 atom stereocenters. The third-order valence-corrected chi connectivity index (χ3v) is 2.80. The molecule has 0 fully saturated rings. The lowest BCUT2D eigenvalue weighted by molar-refractivity contribution is 0.306. The van der Waals surface area contributed by atoms with Crippen molar-refractivity contribution in [3.63, 3.8) is 0 Å². The summed E-state index contributed by atoms with van der Waals surface area (Å²) >= 11 is 0. The molecule has 0 amide bonds. The fraction of sp³-hybridized carbons (Fsp3) is 0.375. The summed E-state index contributed by atoms with van der Waals surface area (Å²) in [6.45, 7) is 14.0. The second-order valence-electron chi connectivity index (χ2n) is 4.05. The van der Waals surface area contributed by atoms with Gasteiger partial charge in [0.15, 0.2) is 0 Å². The summed E-state index contributed by atoms with van der Waals surface area (Å²) < 4.78 is 5.14. The molecule has 0 rings (SSSR count). The third kappa shape index (κ3) is 6.62. The van der Waals surface area contributed by atoms with Crippen molar-refractivity contribution in [2.45, 2.75) is 33.6 Å². The third-order valence-electron chi connectivity index (χ3n) is 2.80. The zero-order valence-corrected chi connectivity index (χ0v) is 11.5. The Hall–Kier alpha value is -1.50. The largest absolute Gasteiger partial charge is 0.497 e. The Labute approximate surface area is 106 Å². The predicted octanol–water partition coefficient (Wildman–Crippen LogP) is 4.95. The quantitative estimate of drug-likeness (QED) is 0.445. The summed E-state index contributed by atoms with van der Waals surface area (Å²) in [5, 5.41) is 0. The molecule has 0 spiro atoms. The highest BCUT2D eigenvalue weighted by atomic mass is 16.5.